The summed E-state index contributed by atoms with van der Waals surface area (Å²) < 4.78 is 19.2. The van der Waals surface area contributed by atoms with Gasteiger partial charge in [-0.25, -0.2) is 4.39 Å². The Hall–Kier alpha value is -1.58. The Morgan fingerprint density at radius 2 is 2.00 bits per heavy atom. The van der Waals surface area contributed by atoms with Gasteiger partial charge in [-0.05, 0) is 49.2 Å². The van der Waals surface area contributed by atoms with Gasteiger partial charge in [-0.1, -0.05) is 23.7 Å². The number of benzene rings is 2. The predicted octanol–water partition coefficient (Wildman–Crippen LogP) is 4.39. The van der Waals surface area contributed by atoms with Gasteiger partial charge in [-0.2, -0.15) is 0 Å². The highest BCUT2D eigenvalue weighted by molar-refractivity contribution is 6.30. The first-order valence-electron chi connectivity index (χ1n) is 6.40. The highest BCUT2D eigenvalue weighted by Gasteiger charge is 2.07. The molecule has 0 amide bonds. The molecule has 0 radical (unpaired) electrons. The summed E-state index contributed by atoms with van der Waals surface area (Å²) in [5, 5.41) is 0.494. The zero-order valence-electron chi connectivity index (χ0n) is 11.5. The molecule has 0 saturated heterocycles. The minimum Gasteiger partial charge on any atom is -0.489 e. The van der Waals surface area contributed by atoms with Crippen LogP contribution in [-0.2, 0) is 6.61 Å². The number of ether oxygens (including phenoxy) is 1. The molecule has 0 bridgehead atoms. The van der Waals surface area contributed by atoms with Gasteiger partial charge in [0.25, 0.3) is 0 Å². The Morgan fingerprint density at radius 1 is 1.25 bits per heavy atom. The third-order valence-corrected chi connectivity index (χ3v) is 3.35. The summed E-state index contributed by atoms with van der Waals surface area (Å²) in [5.41, 5.74) is 8.29. The molecule has 0 aliphatic heterocycles. The molecule has 0 spiro atoms. The van der Waals surface area contributed by atoms with Crippen LogP contribution in [0.2, 0.25) is 5.02 Å². The Labute approximate surface area is 123 Å². The Bertz CT molecular complexity index is 613. The predicted molar refractivity (Wildman–Crippen MR) is 79.5 cm³/mol. The van der Waals surface area contributed by atoms with Gasteiger partial charge in [0.05, 0.1) is 0 Å². The summed E-state index contributed by atoms with van der Waals surface area (Å²) in [7, 11) is 0. The second kappa shape index (κ2) is 6.25. The summed E-state index contributed by atoms with van der Waals surface area (Å²) in [4.78, 5) is 0. The summed E-state index contributed by atoms with van der Waals surface area (Å²) in [6.07, 6.45) is 0. The third-order valence-electron chi connectivity index (χ3n) is 3.12. The van der Waals surface area contributed by atoms with E-state index in [4.69, 9.17) is 22.1 Å². The minimum atomic E-state index is -0.320. The van der Waals surface area contributed by atoms with E-state index in [1.807, 2.05) is 32.0 Å². The van der Waals surface area contributed by atoms with E-state index in [0.717, 1.165) is 11.1 Å². The molecule has 0 unspecified atom stereocenters. The fraction of sp³-hybridized carbons (Fsp3) is 0.250. The smallest absolute Gasteiger partial charge is 0.129 e. The molecular formula is C16H17ClFNO. The first-order chi connectivity index (χ1) is 9.47. The van der Waals surface area contributed by atoms with E-state index in [-0.39, 0.29) is 18.5 Å². The molecule has 0 aromatic heterocycles. The third kappa shape index (κ3) is 3.50. The maximum absolute atomic E-state index is 13.6. The number of hydrogen-bond acceptors (Lipinski definition) is 2. The maximum atomic E-state index is 13.6. The molecule has 0 aliphatic carbocycles. The Balaban J connectivity index is 2.13. The lowest BCUT2D eigenvalue weighted by Crippen LogP contribution is -2.06. The van der Waals surface area contributed by atoms with Gasteiger partial charge < -0.3 is 10.5 Å². The lowest BCUT2D eigenvalue weighted by atomic mass is 10.1. The largest absolute Gasteiger partial charge is 0.489 e. The van der Waals surface area contributed by atoms with E-state index >= 15 is 0 Å². The number of rotatable bonds is 4. The highest BCUT2D eigenvalue weighted by Crippen LogP contribution is 2.24. The van der Waals surface area contributed by atoms with Crippen molar-refractivity contribution in [2.45, 2.75) is 26.5 Å². The van der Waals surface area contributed by atoms with Gasteiger partial charge in [0.2, 0.25) is 0 Å². The van der Waals surface area contributed by atoms with Crippen molar-refractivity contribution in [1.82, 2.24) is 0 Å². The molecule has 2 rings (SSSR count). The molecule has 2 nitrogen and oxygen atoms in total. The van der Waals surface area contributed by atoms with Gasteiger partial charge in [-0.3, -0.25) is 0 Å². The monoisotopic (exact) mass is 293 g/mol. The molecule has 0 heterocycles. The standard InChI is InChI=1S/C16H17ClFNO/c1-10-7-12(11(2)19)3-6-16(10)20-9-13-8-14(17)4-5-15(13)18/h3-8,11H,9,19H2,1-2H3/t11-/m1/s1. The van der Waals surface area contributed by atoms with Crippen LogP contribution in [0.1, 0.15) is 29.7 Å². The summed E-state index contributed by atoms with van der Waals surface area (Å²) in [6.45, 7) is 4.01. The van der Waals surface area contributed by atoms with E-state index in [1.54, 1.807) is 6.07 Å². The Kier molecular flexibility index (Phi) is 4.63. The van der Waals surface area contributed by atoms with Crippen LogP contribution in [0.15, 0.2) is 36.4 Å². The lowest BCUT2D eigenvalue weighted by molar-refractivity contribution is 0.297. The maximum Gasteiger partial charge on any atom is 0.129 e. The summed E-state index contributed by atoms with van der Waals surface area (Å²) in [5.74, 6) is 0.396. The molecule has 20 heavy (non-hydrogen) atoms. The van der Waals surface area contributed by atoms with Gasteiger partial charge in [0, 0.05) is 16.6 Å². The van der Waals surface area contributed by atoms with Crippen molar-refractivity contribution in [1.29, 1.82) is 0 Å². The van der Waals surface area contributed by atoms with Crippen molar-refractivity contribution >= 4 is 11.6 Å². The molecule has 0 fully saturated rings. The van der Waals surface area contributed by atoms with Crippen LogP contribution < -0.4 is 10.5 Å². The second-order valence-electron chi connectivity index (χ2n) is 4.84. The molecule has 106 valence electrons. The van der Waals surface area contributed by atoms with Crippen LogP contribution in [0.3, 0.4) is 0 Å². The number of halogens is 2. The molecule has 2 aromatic carbocycles. The zero-order valence-corrected chi connectivity index (χ0v) is 12.2. The molecule has 2 N–H and O–H groups in total. The first kappa shape index (κ1) is 14.8. The van der Waals surface area contributed by atoms with Crippen molar-refractivity contribution < 1.29 is 9.13 Å². The van der Waals surface area contributed by atoms with Crippen molar-refractivity contribution in [2.75, 3.05) is 0 Å². The fourth-order valence-corrected chi connectivity index (χ4v) is 2.12. The van der Waals surface area contributed by atoms with Crippen LogP contribution >= 0.6 is 11.6 Å². The van der Waals surface area contributed by atoms with E-state index in [1.165, 1.54) is 12.1 Å². The van der Waals surface area contributed by atoms with Crippen LogP contribution in [-0.4, -0.2) is 0 Å². The zero-order chi connectivity index (χ0) is 14.7. The number of aryl methyl sites for hydroxylation is 1. The first-order valence-corrected chi connectivity index (χ1v) is 6.78. The van der Waals surface area contributed by atoms with Crippen LogP contribution in [0.5, 0.6) is 5.75 Å². The van der Waals surface area contributed by atoms with Crippen molar-refractivity contribution in [3.63, 3.8) is 0 Å². The topological polar surface area (TPSA) is 35.2 Å². The normalized spacial score (nSPS) is 12.2. The van der Waals surface area contributed by atoms with Crippen LogP contribution in [0.4, 0.5) is 4.39 Å². The van der Waals surface area contributed by atoms with Crippen LogP contribution in [0.25, 0.3) is 0 Å². The molecular weight excluding hydrogens is 277 g/mol. The molecule has 2 aromatic rings. The van der Waals surface area contributed by atoms with Crippen LogP contribution in [0, 0.1) is 12.7 Å². The van der Waals surface area contributed by atoms with E-state index < -0.39 is 0 Å². The lowest BCUT2D eigenvalue weighted by Gasteiger charge is -2.13. The van der Waals surface area contributed by atoms with Crippen molar-refractivity contribution in [3.8, 4) is 5.75 Å². The summed E-state index contributed by atoms with van der Waals surface area (Å²) >= 11 is 5.85. The fourth-order valence-electron chi connectivity index (χ4n) is 1.93. The second-order valence-corrected chi connectivity index (χ2v) is 5.27. The van der Waals surface area contributed by atoms with Crippen molar-refractivity contribution in [3.05, 3.63) is 63.9 Å². The molecule has 0 aliphatic rings. The SMILES string of the molecule is Cc1cc([C@@H](C)N)ccc1OCc1cc(Cl)ccc1F. The Morgan fingerprint density at radius 3 is 2.65 bits per heavy atom. The average molecular weight is 294 g/mol. The van der Waals surface area contributed by atoms with Crippen molar-refractivity contribution in [2.24, 2.45) is 5.73 Å². The molecule has 0 saturated carbocycles. The minimum absolute atomic E-state index is 0.0203. The number of nitrogens with two attached hydrogens (primary N) is 1. The molecule has 1 atom stereocenters. The van der Waals surface area contributed by atoms with Gasteiger partial charge >= 0.3 is 0 Å². The highest BCUT2D eigenvalue weighted by atomic mass is 35.5. The van der Waals surface area contributed by atoms with E-state index in [2.05, 4.69) is 0 Å². The average Bonchev–Trinajstić information content (AvgIpc) is 2.40. The van der Waals surface area contributed by atoms with Gasteiger partial charge in [0.15, 0.2) is 0 Å². The molecule has 4 heteroatoms. The van der Waals surface area contributed by atoms with Gasteiger partial charge in [0.1, 0.15) is 18.2 Å². The van der Waals surface area contributed by atoms with E-state index in [0.29, 0.717) is 16.3 Å². The van der Waals surface area contributed by atoms with Gasteiger partial charge in [-0.15, -0.1) is 0 Å². The van der Waals surface area contributed by atoms with E-state index in [9.17, 15) is 4.39 Å². The summed E-state index contributed by atoms with van der Waals surface area (Å²) in [6, 6.07) is 10.2. The number of hydrogen-bond donors (Lipinski definition) is 1. The quantitative estimate of drug-likeness (QED) is 0.907.